The van der Waals surface area contributed by atoms with Crippen molar-refractivity contribution in [1.82, 2.24) is 0 Å². The zero-order valence-corrected chi connectivity index (χ0v) is 17.5. The molecule has 32 heavy (non-hydrogen) atoms. The lowest BCUT2D eigenvalue weighted by atomic mass is 10.1. The first-order valence-electron chi connectivity index (χ1n) is 9.88. The van der Waals surface area contributed by atoms with Crippen LogP contribution in [0.5, 0.6) is 0 Å². The summed E-state index contributed by atoms with van der Waals surface area (Å²) < 4.78 is 20.2. The Hall–Kier alpha value is -3.90. The number of furan rings is 1. The number of fused-ring (bicyclic) bond motifs is 1. The molecular formula is C26H16FNO3S. The van der Waals surface area contributed by atoms with Crippen LogP contribution in [0.1, 0.15) is 26.5 Å². The van der Waals surface area contributed by atoms with Gasteiger partial charge in [-0.15, -0.1) is 0 Å². The summed E-state index contributed by atoms with van der Waals surface area (Å²) in [4.78, 5) is 26.6. The van der Waals surface area contributed by atoms with Crippen molar-refractivity contribution in [2.75, 3.05) is 5.32 Å². The number of hydrogen-bond acceptors (Lipinski definition) is 4. The summed E-state index contributed by atoms with van der Waals surface area (Å²) in [6.07, 6.45) is 1.70. The van der Waals surface area contributed by atoms with Crippen molar-refractivity contribution < 1.29 is 18.4 Å². The highest BCUT2D eigenvalue weighted by Gasteiger charge is 2.25. The van der Waals surface area contributed by atoms with Crippen molar-refractivity contribution in [3.8, 4) is 11.3 Å². The predicted molar refractivity (Wildman–Crippen MR) is 123 cm³/mol. The summed E-state index contributed by atoms with van der Waals surface area (Å²) in [5, 5.41) is 2.69. The molecule has 156 valence electrons. The number of nitrogens with one attached hydrogen (secondary N) is 1. The van der Waals surface area contributed by atoms with Gasteiger partial charge in [0.1, 0.15) is 17.3 Å². The molecule has 4 nitrogen and oxygen atoms in total. The van der Waals surface area contributed by atoms with E-state index >= 15 is 0 Å². The van der Waals surface area contributed by atoms with Crippen molar-refractivity contribution in [1.29, 1.82) is 0 Å². The molecule has 0 fully saturated rings. The second-order valence-corrected chi connectivity index (χ2v) is 8.24. The fraction of sp³-hybridized carbons (Fsp3) is 0. The van der Waals surface area contributed by atoms with E-state index in [0.717, 1.165) is 4.90 Å². The number of amides is 1. The van der Waals surface area contributed by atoms with Crippen molar-refractivity contribution in [2.24, 2.45) is 0 Å². The molecule has 1 aromatic heterocycles. The monoisotopic (exact) mass is 441 g/mol. The molecule has 0 radical (unpaired) electrons. The normalized spacial score (nSPS) is 13.9. The molecular weight excluding hydrogens is 425 g/mol. The van der Waals surface area contributed by atoms with Crippen molar-refractivity contribution in [2.45, 2.75) is 4.90 Å². The number of thioether (sulfide) groups is 1. The van der Waals surface area contributed by atoms with Crippen LogP contribution in [0.4, 0.5) is 10.1 Å². The first-order chi connectivity index (χ1) is 15.6. The average Bonchev–Trinajstić information content (AvgIpc) is 3.40. The minimum absolute atomic E-state index is 0.0369. The third-order valence-corrected chi connectivity index (χ3v) is 6.10. The van der Waals surface area contributed by atoms with E-state index in [1.54, 1.807) is 54.6 Å². The van der Waals surface area contributed by atoms with E-state index in [0.29, 0.717) is 33.2 Å². The van der Waals surface area contributed by atoms with Gasteiger partial charge in [0.2, 0.25) is 5.78 Å². The van der Waals surface area contributed by atoms with Gasteiger partial charge in [0.15, 0.2) is 0 Å². The molecule has 6 heteroatoms. The Labute approximate surface area is 187 Å². The lowest BCUT2D eigenvalue weighted by molar-refractivity contribution is 0.102. The van der Waals surface area contributed by atoms with Crippen LogP contribution in [0, 0.1) is 5.82 Å². The zero-order valence-electron chi connectivity index (χ0n) is 16.7. The molecule has 2 heterocycles. The first kappa shape index (κ1) is 20.0. The molecule has 0 atom stereocenters. The lowest BCUT2D eigenvalue weighted by Gasteiger charge is -2.07. The Balaban J connectivity index is 1.39. The molecule has 1 amide bonds. The summed E-state index contributed by atoms with van der Waals surface area (Å²) >= 11 is 1.40. The summed E-state index contributed by atoms with van der Waals surface area (Å²) in [5.74, 6) is -0.232. The number of halogens is 1. The Morgan fingerprint density at radius 1 is 0.938 bits per heavy atom. The number of anilines is 1. The fourth-order valence-corrected chi connectivity index (χ4v) is 4.45. The van der Waals surface area contributed by atoms with Gasteiger partial charge in [-0.2, -0.15) is 0 Å². The summed E-state index contributed by atoms with van der Waals surface area (Å²) in [6.45, 7) is 0. The number of rotatable bonds is 4. The molecule has 0 unspecified atom stereocenters. The smallest absolute Gasteiger partial charge is 0.258 e. The van der Waals surface area contributed by atoms with Gasteiger partial charge in [-0.1, -0.05) is 42.1 Å². The number of hydrogen-bond donors (Lipinski definition) is 1. The van der Waals surface area contributed by atoms with Crippen LogP contribution in [0.15, 0.2) is 99.1 Å². The molecule has 0 spiro atoms. The maximum absolute atomic E-state index is 14.3. The average molecular weight is 441 g/mol. The predicted octanol–water partition coefficient (Wildman–Crippen LogP) is 6.67. The Kier molecular flexibility index (Phi) is 5.21. The largest absolute Gasteiger partial charge is 0.457 e. The van der Waals surface area contributed by atoms with Gasteiger partial charge < -0.3 is 9.73 Å². The van der Waals surface area contributed by atoms with E-state index in [-0.39, 0.29) is 11.3 Å². The highest BCUT2D eigenvalue weighted by molar-refractivity contribution is 8.04. The molecule has 0 saturated heterocycles. The molecule has 1 aliphatic heterocycles. The fourth-order valence-electron chi connectivity index (χ4n) is 3.42. The van der Waals surface area contributed by atoms with Crippen molar-refractivity contribution in [3.05, 3.63) is 113 Å². The molecule has 3 aromatic carbocycles. The number of benzene rings is 3. The molecule has 0 aliphatic carbocycles. The molecule has 4 aromatic rings. The lowest BCUT2D eigenvalue weighted by Crippen LogP contribution is -2.13. The van der Waals surface area contributed by atoms with E-state index in [4.69, 9.17) is 4.42 Å². The third kappa shape index (κ3) is 3.88. The number of para-hydroxylation sites is 1. The van der Waals surface area contributed by atoms with Gasteiger partial charge in [0.05, 0.1) is 10.5 Å². The van der Waals surface area contributed by atoms with Crippen LogP contribution in [0.3, 0.4) is 0 Å². The van der Waals surface area contributed by atoms with E-state index in [2.05, 4.69) is 5.32 Å². The van der Waals surface area contributed by atoms with Gasteiger partial charge in [0, 0.05) is 21.7 Å². The molecule has 5 rings (SSSR count). The van der Waals surface area contributed by atoms with Gasteiger partial charge >= 0.3 is 0 Å². The Bertz CT molecular complexity index is 1370. The minimum atomic E-state index is -0.623. The van der Waals surface area contributed by atoms with E-state index in [1.807, 2.05) is 24.3 Å². The maximum Gasteiger partial charge on any atom is 0.258 e. The van der Waals surface area contributed by atoms with Crippen LogP contribution in [0.2, 0.25) is 0 Å². The van der Waals surface area contributed by atoms with Crippen LogP contribution in [-0.4, -0.2) is 11.7 Å². The Morgan fingerprint density at radius 2 is 1.72 bits per heavy atom. The van der Waals surface area contributed by atoms with Crippen molar-refractivity contribution in [3.63, 3.8) is 0 Å². The molecule has 1 aliphatic rings. The highest BCUT2D eigenvalue weighted by atomic mass is 32.2. The minimum Gasteiger partial charge on any atom is -0.457 e. The quantitative estimate of drug-likeness (QED) is 0.360. The van der Waals surface area contributed by atoms with E-state index in [9.17, 15) is 14.0 Å². The van der Waals surface area contributed by atoms with Gasteiger partial charge in [-0.25, -0.2) is 4.39 Å². The van der Waals surface area contributed by atoms with E-state index in [1.165, 1.54) is 23.9 Å². The standard InChI is InChI=1S/C26H16FNO3S/c27-21-12-10-16(14-20(21)26(30)28-17-6-2-1-3-7-17)22-13-11-18(31-22)15-24-25(29)19-8-4-5-9-23(19)32-24/h1-15H,(H,28,30)/b24-15-. The summed E-state index contributed by atoms with van der Waals surface area (Å²) in [6, 6.07) is 24.0. The zero-order chi connectivity index (χ0) is 22.1. The number of Topliss-reactive ketones (excluding diaryl/α,β-unsaturated/α-hetero) is 1. The molecule has 0 saturated carbocycles. The molecule has 1 N–H and O–H groups in total. The maximum atomic E-state index is 14.3. The van der Waals surface area contributed by atoms with Gasteiger partial charge in [0.25, 0.3) is 5.91 Å². The first-order valence-corrected chi connectivity index (χ1v) is 10.7. The molecule has 0 bridgehead atoms. The number of allylic oxidation sites excluding steroid dienone is 1. The Morgan fingerprint density at radius 3 is 2.53 bits per heavy atom. The highest BCUT2D eigenvalue weighted by Crippen LogP contribution is 2.41. The van der Waals surface area contributed by atoms with Crippen molar-refractivity contribution >= 4 is 35.2 Å². The topological polar surface area (TPSA) is 59.3 Å². The van der Waals surface area contributed by atoms with Crippen LogP contribution in [-0.2, 0) is 0 Å². The second-order valence-electron chi connectivity index (χ2n) is 7.15. The summed E-state index contributed by atoms with van der Waals surface area (Å²) in [7, 11) is 0. The third-order valence-electron chi connectivity index (χ3n) is 5.00. The second kappa shape index (κ2) is 8.32. The van der Waals surface area contributed by atoms with E-state index < -0.39 is 11.7 Å². The van der Waals surface area contributed by atoms with Gasteiger partial charge in [-0.05, 0) is 60.7 Å². The summed E-state index contributed by atoms with van der Waals surface area (Å²) in [5.41, 5.74) is 1.74. The van der Waals surface area contributed by atoms with Crippen LogP contribution in [0.25, 0.3) is 17.4 Å². The number of carbonyl (C=O) groups excluding carboxylic acids is 2. The van der Waals surface area contributed by atoms with Crippen LogP contribution >= 0.6 is 11.8 Å². The number of carbonyl (C=O) groups is 2. The number of ketones is 1. The van der Waals surface area contributed by atoms with Gasteiger partial charge in [-0.3, -0.25) is 9.59 Å². The van der Waals surface area contributed by atoms with Crippen LogP contribution < -0.4 is 5.32 Å². The SMILES string of the molecule is O=C(Nc1ccccc1)c1cc(-c2ccc(/C=C3\Sc4ccccc4C3=O)o2)ccc1F.